The molecule has 128 valence electrons. The first-order chi connectivity index (χ1) is 11.6. The zero-order chi connectivity index (χ0) is 16.4. The fourth-order valence-corrected chi connectivity index (χ4v) is 7.88. The van der Waals surface area contributed by atoms with Gasteiger partial charge in [0.25, 0.3) is 0 Å². The van der Waals surface area contributed by atoms with Gasteiger partial charge in [-0.2, -0.15) is 0 Å². The Morgan fingerprint density at radius 1 is 1.21 bits per heavy atom. The average Bonchev–Trinajstić information content (AvgIpc) is 2.97. The number of likely N-dealkylation sites (N-methyl/N-ethyl adjacent to an activating group) is 1. The van der Waals surface area contributed by atoms with Gasteiger partial charge in [0.1, 0.15) is 6.23 Å². The van der Waals surface area contributed by atoms with E-state index in [4.69, 9.17) is 0 Å². The number of aliphatic hydroxyl groups excluding tert-OH is 2. The van der Waals surface area contributed by atoms with Gasteiger partial charge in [0.05, 0.1) is 12.1 Å². The van der Waals surface area contributed by atoms with E-state index in [1.54, 1.807) is 0 Å². The van der Waals surface area contributed by atoms with Crippen LogP contribution in [0.1, 0.15) is 31.7 Å². The van der Waals surface area contributed by atoms with E-state index in [1.165, 1.54) is 11.3 Å². The zero-order valence-corrected chi connectivity index (χ0v) is 14.3. The number of anilines is 1. The molecule has 5 bridgehead atoms. The van der Waals surface area contributed by atoms with Crippen molar-refractivity contribution in [3.8, 4) is 0 Å². The zero-order valence-electron chi connectivity index (χ0n) is 14.3. The molecule has 1 spiro atoms. The van der Waals surface area contributed by atoms with Gasteiger partial charge < -0.3 is 15.1 Å². The molecule has 7 rings (SSSR count). The summed E-state index contributed by atoms with van der Waals surface area (Å²) in [4.78, 5) is 4.83. The Hall–Kier alpha value is -1.10. The smallest absolute Gasteiger partial charge is 0.111 e. The monoisotopic (exact) mass is 326 g/mol. The van der Waals surface area contributed by atoms with Crippen LogP contribution in [-0.2, 0) is 5.41 Å². The molecule has 2 unspecified atom stereocenters. The SMILES string of the molecule is CC[C@H]1[C@@H]2C[C@H]3[C@@H]4N(C)c5ccccc5[C@]45C[C@@H]([C@H]2C5O)N3[C@@H]1O. The first-order valence-electron chi connectivity index (χ1n) is 9.57. The van der Waals surface area contributed by atoms with Crippen molar-refractivity contribution >= 4 is 5.69 Å². The fourth-order valence-electron chi connectivity index (χ4n) is 7.88. The second-order valence-electron chi connectivity index (χ2n) is 8.81. The maximum atomic E-state index is 11.6. The molecule has 24 heavy (non-hydrogen) atoms. The number of para-hydroxylation sites is 1. The van der Waals surface area contributed by atoms with E-state index in [1.807, 2.05) is 0 Å². The summed E-state index contributed by atoms with van der Waals surface area (Å²) in [6, 6.07) is 9.70. The van der Waals surface area contributed by atoms with Crippen LogP contribution in [0.2, 0.25) is 0 Å². The van der Waals surface area contributed by atoms with Gasteiger partial charge in [0.2, 0.25) is 0 Å². The highest BCUT2D eigenvalue weighted by atomic mass is 16.3. The number of benzene rings is 1. The van der Waals surface area contributed by atoms with Crippen molar-refractivity contribution in [3.05, 3.63) is 29.8 Å². The van der Waals surface area contributed by atoms with Gasteiger partial charge in [-0.1, -0.05) is 25.1 Å². The lowest BCUT2D eigenvalue weighted by Gasteiger charge is -2.62. The number of rotatable bonds is 1. The molecule has 4 heteroatoms. The van der Waals surface area contributed by atoms with Crippen LogP contribution in [-0.4, -0.2) is 52.6 Å². The number of hydrogen-bond acceptors (Lipinski definition) is 4. The van der Waals surface area contributed by atoms with Gasteiger partial charge in [0.15, 0.2) is 0 Å². The number of piperidine rings is 4. The number of fused-ring (bicyclic) bond motifs is 2. The molecular formula is C20H26N2O2. The van der Waals surface area contributed by atoms with Crippen LogP contribution in [0.4, 0.5) is 5.69 Å². The van der Waals surface area contributed by atoms with Gasteiger partial charge in [-0.3, -0.25) is 4.90 Å². The first-order valence-corrected chi connectivity index (χ1v) is 9.57. The van der Waals surface area contributed by atoms with Gasteiger partial charge in [0, 0.05) is 42.1 Å². The molecule has 6 aliphatic rings. The Morgan fingerprint density at radius 2 is 2.00 bits per heavy atom. The number of aliphatic hydroxyl groups is 2. The van der Waals surface area contributed by atoms with Crippen LogP contribution >= 0.6 is 0 Å². The Labute approximate surface area is 143 Å². The minimum absolute atomic E-state index is 0.126. The molecule has 4 nitrogen and oxygen atoms in total. The van der Waals surface area contributed by atoms with Crippen molar-refractivity contribution in [1.29, 1.82) is 0 Å². The molecule has 0 aromatic heterocycles. The van der Waals surface area contributed by atoms with Crippen molar-refractivity contribution in [3.63, 3.8) is 0 Å². The molecule has 1 aromatic carbocycles. The van der Waals surface area contributed by atoms with Gasteiger partial charge in [-0.15, -0.1) is 0 Å². The third-order valence-corrected chi connectivity index (χ3v) is 8.46. The van der Waals surface area contributed by atoms with E-state index < -0.39 is 0 Å². The Morgan fingerprint density at radius 3 is 2.79 bits per heavy atom. The highest BCUT2D eigenvalue weighted by molar-refractivity contribution is 5.67. The summed E-state index contributed by atoms with van der Waals surface area (Å²) < 4.78 is 0. The summed E-state index contributed by atoms with van der Waals surface area (Å²) in [5, 5.41) is 22.6. The maximum absolute atomic E-state index is 11.6. The van der Waals surface area contributed by atoms with Crippen molar-refractivity contribution < 1.29 is 10.2 Å². The molecule has 5 aliphatic heterocycles. The van der Waals surface area contributed by atoms with Gasteiger partial charge in [-0.25, -0.2) is 0 Å². The van der Waals surface area contributed by atoms with Crippen LogP contribution in [0.3, 0.4) is 0 Å². The Balaban J connectivity index is 1.60. The Kier molecular flexibility index (Phi) is 2.45. The lowest BCUT2D eigenvalue weighted by molar-refractivity contribution is -0.211. The predicted octanol–water partition coefficient (Wildman–Crippen LogP) is 1.55. The van der Waals surface area contributed by atoms with Crippen LogP contribution in [0.25, 0.3) is 0 Å². The second kappa shape index (κ2) is 4.17. The van der Waals surface area contributed by atoms with Crippen molar-refractivity contribution in [2.45, 2.75) is 62.1 Å². The lowest BCUT2D eigenvalue weighted by Crippen LogP contribution is -2.72. The van der Waals surface area contributed by atoms with Crippen molar-refractivity contribution in [2.75, 3.05) is 11.9 Å². The summed E-state index contributed by atoms with van der Waals surface area (Å²) in [5.74, 6) is 1.14. The van der Waals surface area contributed by atoms with Crippen LogP contribution in [0.5, 0.6) is 0 Å². The molecule has 5 fully saturated rings. The van der Waals surface area contributed by atoms with Crippen LogP contribution in [0.15, 0.2) is 24.3 Å². The normalized spacial score (nSPS) is 55.8. The molecule has 10 atom stereocenters. The minimum Gasteiger partial charge on any atom is -0.392 e. The standard InChI is InChI=1S/C20H26N2O2/c1-3-10-11-8-14-17-20(12-6-4-5-7-13(12)21(17)2)9-15(16(11)18(20)23)22(14)19(10)24/h4-7,10-11,14-19,23-24H,3,8-9H2,1-2H3/t10-,11-,14-,15-,16-,17-,18?,19+,20+/m0/s1. The molecule has 2 N–H and O–H groups in total. The topological polar surface area (TPSA) is 46.9 Å². The van der Waals surface area contributed by atoms with E-state index in [9.17, 15) is 10.2 Å². The summed E-state index contributed by atoms with van der Waals surface area (Å²) >= 11 is 0. The summed E-state index contributed by atoms with van der Waals surface area (Å²) in [6.45, 7) is 2.19. The molecule has 5 heterocycles. The molecule has 1 saturated carbocycles. The second-order valence-corrected chi connectivity index (χ2v) is 8.81. The molecule has 1 aromatic rings. The van der Waals surface area contributed by atoms with Crippen molar-refractivity contribution in [2.24, 2.45) is 17.8 Å². The van der Waals surface area contributed by atoms with Gasteiger partial charge in [-0.05, 0) is 36.8 Å². The fraction of sp³-hybridized carbons (Fsp3) is 0.700. The van der Waals surface area contributed by atoms with E-state index in [2.05, 4.69) is 48.0 Å². The quantitative estimate of drug-likeness (QED) is 0.822. The summed E-state index contributed by atoms with van der Waals surface area (Å²) in [5.41, 5.74) is 2.51. The third-order valence-electron chi connectivity index (χ3n) is 8.46. The van der Waals surface area contributed by atoms with E-state index in [0.29, 0.717) is 35.9 Å². The Bertz CT molecular complexity index is 723. The number of hydrogen-bond donors (Lipinski definition) is 2. The largest absolute Gasteiger partial charge is 0.392 e. The molecule has 1 aliphatic carbocycles. The molecule has 0 amide bonds. The molecular weight excluding hydrogens is 300 g/mol. The summed E-state index contributed by atoms with van der Waals surface area (Å²) in [7, 11) is 2.19. The molecule has 0 radical (unpaired) electrons. The third kappa shape index (κ3) is 1.20. The highest BCUT2D eigenvalue weighted by Crippen LogP contribution is 2.68. The first kappa shape index (κ1) is 14.1. The maximum Gasteiger partial charge on any atom is 0.111 e. The lowest BCUT2D eigenvalue weighted by atomic mass is 9.62. The van der Waals surface area contributed by atoms with E-state index in [0.717, 1.165) is 19.3 Å². The van der Waals surface area contributed by atoms with Crippen LogP contribution in [0, 0.1) is 17.8 Å². The minimum atomic E-state index is -0.319. The van der Waals surface area contributed by atoms with E-state index >= 15 is 0 Å². The number of nitrogens with zero attached hydrogens (tertiary/aromatic N) is 2. The predicted molar refractivity (Wildman–Crippen MR) is 91.7 cm³/mol. The average molecular weight is 326 g/mol. The van der Waals surface area contributed by atoms with Crippen LogP contribution < -0.4 is 4.90 Å². The van der Waals surface area contributed by atoms with Crippen molar-refractivity contribution in [1.82, 2.24) is 4.90 Å². The van der Waals surface area contributed by atoms with E-state index in [-0.39, 0.29) is 17.7 Å². The highest BCUT2D eigenvalue weighted by Gasteiger charge is 2.76. The molecule has 4 saturated heterocycles. The summed E-state index contributed by atoms with van der Waals surface area (Å²) in [6.07, 6.45) is 2.56. The van der Waals surface area contributed by atoms with Gasteiger partial charge >= 0.3 is 0 Å².